The Morgan fingerprint density at radius 3 is 2.36 bits per heavy atom. The van der Waals surface area contributed by atoms with E-state index < -0.39 is 17.9 Å². The molecular formula is C21H21N3O3S. The van der Waals surface area contributed by atoms with Crippen LogP contribution < -0.4 is 5.32 Å². The summed E-state index contributed by atoms with van der Waals surface area (Å²) >= 11 is 1.56. The number of nitrogens with one attached hydrogen (secondary N) is 1. The first-order valence-corrected chi connectivity index (χ1v) is 10.4. The number of amides is 1. The van der Waals surface area contributed by atoms with E-state index in [9.17, 15) is 9.59 Å². The van der Waals surface area contributed by atoms with Crippen molar-refractivity contribution in [3.63, 3.8) is 0 Å². The van der Waals surface area contributed by atoms with Gasteiger partial charge in [-0.2, -0.15) is 16.6 Å². The number of carbonyl (C=O) groups excluding carboxylic acids is 2. The summed E-state index contributed by atoms with van der Waals surface area (Å²) in [5.74, 6) is 0.168. The van der Waals surface area contributed by atoms with Crippen molar-refractivity contribution in [2.24, 2.45) is 0 Å². The van der Waals surface area contributed by atoms with E-state index in [4.69, 9.17) is 10.3 Å². The molecule has 2 aromatic rings. The molecule has 0 spiro atoms. The first-order chi connectivity index (χ1) is 13.7. The molecule has 7 heteroatoms. The molecule has 2 aromatic carbocycles. The monoisotopic (exact) mass is 395 g/mol. The Morgan fingerprint density at radius 1 is 1.18 bits per heavy atom. The van der Waals surface area contributed by atoms with E-state index in [2.05, 4.69) is 22.2 Å². The van der Waals surface area contributed by atoms with Gasteiger partial charge in [0.1, 0.15) is 12.6 Å². The van der Waals surface area contributed by atoms with Gasteiger partial charge in [-0.25, -0.2) is 4.79 Å². The van der Waals surface area contributed by atoms with Crippen LogP contribution in [0.15, 0.2) is 48.5 Å². The molecule has 1 atom stereocenters. The van der Waals surface area contributed by atoms with Gasteiger partial charge in [-0.1, -0.05) is 48.5 Å². The zero-order chi connectivity index (χ0) is 19.9. The average Bonchev–Trinajstić information content (AvgIpc) is 3.03. The van der Waals surface area contributed by atoms with Gasteiger partial charge in [0.2, 0.25) is 0 Å². The smallest absolute Gasteiger partial charge is 0.407 e. The molecule has 1 amide bonds. The number of fused-ring (bicyclic) bond motifs is 3. The first kappa shape index (κ1) is 19.9. The first-order valence-electron chi connectivity index (χ1n) is 8.97. The Morgan fingerprint density at radius 2 is 1.79 bits per heavy atom. The van der Waals surface area contributed by atoms with Crippen LogP contribution in [0.2, 0.25) is 0 Å². The molecule has 6 nitrogen and oxygen atoms in total. The van der Waals surface area contributed by atoms with Crippen LogP contribution in [0.1, 0.15) is 23.5 Å². The maximum atomic E-state index is 12.3. The van der Waals surface area contributed by atoms with Crippen molar-refractivity contribution in [1.82, 2.24) is 5.32 Å². The molecule has 0 saturated carbocycles. The minimum Gasteiger partial charge on any atom is -0.449 e. The second kappa shape index (κ2) is 9.35. The highest BCUT2D eigenvalue weighted by atomic mass is 32.2. The van der Waals surface area contributed by atoms with Crippen molar-refractivity contribution in [3.05, 3.63) is 65.2 Å². The molecule has 0 radical (unpaired) electrons. The van der Waals surface area contributed by atoms with Crippen LogP contribution in [-0.2, 0) is 9.53 Å². The molecule has 0 unspecified atom stereocenters. The van der Waals surface area contributed by atoms with Gasteiger partial charge in [0.15, 0.2) is 0 Å². The number of benzene rings is 2. The second-order valence-electron chi connectivity index (χ2n) is 6.45. The maximum absolute atomic E-state index is 12.3. The molecule has 1 N–H and O–H groups in total. The average molecular weight is 395 g/mol. The fourth-order valence-electron chi connectivity index (χ4n) is 3.45. The predicted molar refractivity (Wildman–Crippen MR) is 110 cm³/mol. The molecule has 0 fully saturated rings. The normalized spacial score (nSPS) is 13.0. The van der Waals surface area contributed by atoms with Crippen molar-refractivity contribution in [2.45, 2.75) is 18.4 Å². The molecule has 0 aromatic heterocycles. The van der Waals surface area contributed by atoms with Crippen molar-refractivity contribution in [2.75, 3.05) is 18.6 Å². The van der Waals surface area contributed by atoms with Gasteiger partial charge >= 0.3 is 12.3 Å². The van der Waals surface area contributed by atoms with E-state index in [-0.39, 0.29) is 12.5 Å². The van der Waals surface area contributed by atoms with Gasteiger partial charge < -0.3 is 15.6 Å². The largest absolute Gasteiger partial charge is 0.449 e. The highest BCUT2D eigenvalue weighted by Crippen LogP contribution is 2.44. The summed E-state index contributed by atoms with van der Waals surface area (Å²) in [6.07, 6.45) is 2.48. The van der Waals surface area contributed by atoms with Gasteiger partial charge in [-0.3, -0.25) is 4.79 Å². The number of ether oxygens (including phenoxy) is 1. The summed E-state index contributed by atoms with van der Waals surface area (Å²) in [4.78, 5) is 27.0. The van der Waals surface area contributed by atoms with E-state index >= 15 is 0 Å². The number of thioether (sulfide) groups is 1. The summed E-state index contributed by atoms with van der Waals surface area (Å²) in [7, 11) is 0. The van der Waals surface area contributed by atoms with Gasteiger partial charge in [-0.05, 0) is 40.7 Å². The molecule has 28 heavy (non-hydrogen) atoms. The van der Waals surface area contributed by atoms with Crippen molar-refractivity contribution in [1.29, 1.82) is 0 Å². The highest BCUT2D eigenvalue weighted by Gasteiger charge is 2.29. The molecule has 0 bridgehead atoms. The summed E-state index contributed by atoms with van der Waals surface area (Å²) < 4.78 is 5.46. The lowest BCUT2D eigenvalue weighted by Gasteiger charge is -2.17. The predicted octanol–water partition coefficient (Wildman–Crippen LogP) is 3.52. The van der Waals surface area contributed by atoms with Crippen LogP contribution in [0.25, 0.3) is 16.7 Å². The van der Waals surface area contributed by atoms with Crippen molar-refractivity contribution < 1.29 is 19.1 Å². The van der Waals surface area contributed by atoms with E-state index in [0.717, 1.165) is 28.5 Å². The van der Waals surface area contributed by atoms with Crippen molar-refractivity contribution in [3.8, 4) is 11.1 Å². The summed E-state index contributed by atoms with van der Waals surface area (Å²) in [5, 5.41) is 2.58. The zero-order valence-corrected chi connectivity index (χ0v) is 16.3. The van der Waals surface area contributed by atoms with Crippen molar-refractivity contribution >= 4 is 29.9 Å². The van der Waals surface area contributed by atoms with Gasteiger partial charge in [0, 0.05) is 5.92 Å². The third-order valence-electron chi connectivity index (χ3n) is 4.77. The summed E-state index contributed by atoms with van der Waals surface area (Å²) in [6, 6.07) is 15.4. The molecule has 3 rings (SSSR count). The number of carbonyl (C=O) groups is 2. The number of alkyl carbamates (subject to hydrolysis) is 1. The third kappa shape index (κ3) is 4.32. The number of ketones is 1. The lowest BCUT2D eigenvalue weighted by molar-refractivity contribution is -0.117. The molecule has 0 heterocycles. The SMILES string of the molecule is CSCC[C@H](NC(=O)OCC1c2ccccc2-c2ccccc21)C(=O)C=[N+]=[N-]. The molecule has 0 aliphatic heterocycles. The minimum absolute atomic E-state index is 0.0440. The molecule has 0 saturated heterocycles. The van der Waals surface area contributed by atoms with Crippen LogP contribution in [-0.4, -0.2) is 47.5 Å². The topological polar surface area (TPSA) is 91.8 Å². The number of rotatable bonds is 8. The van der Waals surface area contributed by atoms with Crippen LogP contribution in [0, 0.1) is 0 Å². The van der Waals surface area contributed by atoms with Crippen LogP contribution in [0.3, 0.4) is 0 Å². The Bertz CT molecular complexity index is 879. The summed E-state index contributed by atoms with van der Waals surface area (Å²) in [5.41, 5.74) is 13.1. The Kier molecular flexibility index (Phi) is 6.63. The fourth-order valence-corrected chi connectivity index (χ4v) is 3.92. The summed E-state index contributed by atoms with van der Waals surface area (Å²) in [6.45, 7) is 0.178. The fraction of sp³-hybridized carbons (Fsp3) is 0.286. The zero-order valence-electron chi connectivity index (χ0n) is 15.5. The lowest BCUT2D eigenvalue weighted by Crippen LogP contribution is -2.42. The maximum Gasteiger partial charge on any atom is 0.407 e. The number of nitrogens with zero attached hydrogens (tertiary/aromatic N) is 2. The standard InChI is InChI=1S/C21H21N3O3S/c1-28-11-10-19(20(25)12-23-22)24-21(26)27-13-18-16-8-4-2-6-14(16)15-7-3-5-9-17(15)18/h2-9,12,18-19H,10-11,13H2,1H3,(H,24,26)/t19-/m0/s1. The Labute approximate surface area is 167 Å². The van der Waals surface area contributed by atoms with Gasteiger partial charge in [0.05, 0.1) is 0 Å². The Balaban J connectivity index is 1.68. The minimum atomic E-state index is -0.779. The van der Waals surface area contributed by atoms with Gasteiger partial charge in [-0.15, -0.1) is 0 Å². The molecular weight excluding hydrogens is 374 g/mol. The second-order valence-corrected chi connectivity index (χ2v) is 7.44. The van der Waals surface area contributed by atoms with Crippen LogP contribution in [0.5, 0.6) is 0 Å². The molecule has 1 aliphatic rings. The molecule has 144 valence electrons. The number of hydrogen-bond donors (Lipinski definition) is 1. The van der Waals surface area contributed by atoms with Crippen LogP contribution >= 0.6 is 11.8 Å². The van der Waals surface area contributed by atoms with E-state index in [1.807, 2.05) is 42.7 Å². The quantitative estimate of drug-likeness (QED) is 0.420. The lowest BCUT2D eigenvalue weighted by atomic mass is 9.98. The van der Waals surface area contributed by atoms with Crippen LogP contribution in [0.4, 0.5) is 4.79 Å². The highest BCUT2D eigenvalue weighted by molar-refractivity contribution is 7.98. The number of Topliss-reactive ketones (excluding diaryl/α,β-unsaturated/α-hetero) is 1. The van der Waals surface area contributed by atoms with E-state index in [1.54, 1.807) is 11.8 Å². The van der Waals surface area contributed by atoms with E-state index in [0.29, 0.717) is 12.2 Å². The number of hydrogen-bond acceptors (Lipinski definition) is 4. The third-order valence-corrected chi connectivity index (χ3v) is 5.42. The Hall–Kier alpha value is -2.89. The molecule has 1 aliphatic carbocycles. The van der Waals surface area contributed by atoms with E-state index in [1.165, 1.54) is 0 Å². The van der Waals surface area contributed by atoms with Gasteiger partial charge in [0.25, 0.3) is 5.78 Å².